The molecule has 1 unspecified atom stereocenters. The van der Waals surface area contributed by atoms with Gasteiger partial charge in [-0.3, -0.25) is 0 Å². The van der Waals surface area contributed by atoms with Gasteiger partial charge in [-0.15, -0.1) is 0 Å². The van der Waals surface area contributed by atoms with E-state index in [4.69, 9.17) is 9.84 Å². The Morgan fingerprint density at radius 2 is 2.13 bits per heavy atom. The van der Waals surface area contributed by atoms with Gasteiger partial charge in [0.25, 0.3) is 0 Å². The summed E-state index contributed by atoms with van der Waals surface area (Å²) in [6.45, 7) is 4.62. The second kappa shape index (κ2) is 7.76. The fourth-order valence-electron chi connectivity index (χ4n) is 2.45. The van der Waals surface area contributed by atoms with Crippen LogP contribution in [-0.2, 0) is 4.74 Å². The molecular weight excluding hydrogens is 296 g/mol. The molecule has 23 heavy (non-hydrogen) atoms. The Morgan fingerprint density at radius 1 is 1.35 bits per heavy atom. The molecule has 0 saturated heterocycles. The van der Waals surface area contributed by atoms with Crippen LogP contribution < -0.4 is 0 Å². The van der Waals surface area contributed by atoms with Crippen molar-refractivity contribution in [2.45, 2.75) is 39.5 Å². The highest BCUT2D eigenvalue weighted by molar-refractivity contribution is 5.94. The molecule has 6 heteroatoms. The third-order valence-corrected chi connectivity index (χ3v) is 3.98. The predicted octanol–water partition coefficient (Wildman–Crippen LogP) is 3.94. The molecule has 6 nitrogen and oxygen atoms in total. The van der Waals surface area contributed by atoms with Gasteiger partial charge in [0, 0.05) is 0 Å². The first-order chi connectivity index (χ1) is 11.1. The number of hydrogen-bond donors (Lipinski definition) is 1. The zero-order valence-electron chi connectivity index (χ0n) is 13.5. The van der Waals surface area contributed by atoms with Crippen molar-refractivity contribution < 1.29 is 19.4 Å². The average Bonchev–Trinajstić information content (AvgIpc) is 2.97. The molecule has 0 spiro atoms. The van der Waals surface area contributed by atoms with E-state index in [1.54, 1.807) is 6.07 Å². The van der Waals surface area contributed by atoms with Gasteiger partial charge in [-0.2, -0.15) is 0 Å². The smallest absolute Gasteiger partial charge is 0.419 e. The molecule has 2 aromatic rings. The van der Waals surface area contributed by atoms with Crippen molar-refractivity contribution in [2.75, 3.05) is 6.61 Å². The molecular formula is C17H22N2O4. The molecule has 1 aromatic carbocycles. The highest BCUT2D eigenvalue weighted by atomic mass is 16.5. The van der Waals surface area contributed by atoms with Crippen LogP contribution in [0, 0.1) is 5.92 Å². The number of carboxylic acid groups (broad SMARTS) is 1. The largest absolute Gasteiger partial charge is 0.478 e. The van der Waals surface area contributed by atoms with Crippen molar-refractivity contribution in [3.63, 3.8) is 0 Å². The molecule has 0 amide bonds. The van der Waals surface area contributed by atoms with Crippen LogP contribution in [-0.4, -0.2) is 33.3 Å². The second-order valence-corrected chi connectivity index (χ2v) is 5.62. The number of rotatable bonds is 7. The number of ether oxygens (including phenoxy) is 1. The third-order valence-electron chi connectivity index (χ3n) is 3.98. The zero-order valence-corrected chi connectivity index (χ0v) is 13.5. The molecule has 0 fully saturated rings. The minimum atomic E-state index is -1.02. The average molecular weight is 318 g/mol. The summed E-state index contributed by atoms with van der Waals surface area (Å²) in [5, 5.41) is 8.98. The molecule has 0 radical (unpaired) electrons. The molecule has 124 valence electrons. The minimum Gasteiger partial charge on any atom is -0.478 e. The van der Waals surface area contributed by atoms with Crippen molar-refractivity contribution in [1.82, 2.24) is 9.55 Å². The van der Waals surface area contributed by atoms with Gasteiger partial charge in [0.1, 0.15) is 6.33 Å². The highest BCUT2D eigenvalue weighted by Crippen LogP contribution is 2.17. The van der Waals surface area contributed by atoms with Gasteiger partial charge in [-0.1, -0.05) is 33.1 Å². The Balaban J connectivity index is 2.07. The fraction of sp³-hybridized carbons (Fsp3) is 0.471. The number of nitrogens with zero attached hydrogens (tertiary/aromatic N) is 2. The third kappa shape index (κ3) is 4.09. The van der Waals surface area contributed by atoms with E-state index >= 15 is 0 Å². The molecule has 0 aliphatic carbocycles. The normalized spacial score (nSPS) is 12.3. The molecule has 0 saturated carbocycles. The van der Waals surface area contributed by atoms with Crippen molar-refractivity contribution >= 4 is 23.1 Å². The number of carbonyl (C=O) groups is 2. The first-order valence-electron chi connectivity index (χ1n) is 7.94. The van der Waals surface area contributed by atoms with Crippen LogP contribution in [0.15, 0.2) is 24.5 Å². The standard InChI is InChI=1S/C17H22N2O4/c1-3-5-6-12(4-2)10-23-17(22)19-11-18-14-9-13(16(20)21)7-8-15(14)19/h7-9,11-12H,3-6,10H2,1-2H3,(H,20,21). The SMILES string of the molecule is CCCCC(CC)COC(=O)n1cnc2cc(C(=O)O)ccc21. The van der Waals surface area contributed by atoms with Crippen molar-refractivity contribution in [1.29, 1.82) is 0 Å². The van der Waals surface area contributed by atoms with Crippen LogP contribution in [0.1, 0.15) is 49.9 Å². The number of aromatic carboxylic acids is 1. The van der Waals surface area contributed by atoms with Crippen LogP contribution in [0.4, 0.5) is 4.79 Å². The van der Waals surface area contributed by atoms with Gasteiger partial charge in [-0.25, -0.2) is 19.1 Å². The van der Waals surface area contributed by atoms with Crippen LogP contribution in [0.3, 0.4) is 0 Å². The summed E-state index contributed by atoms with van der Waals surface area (Å²) in [4.78, 5) is 27.3. The number of carbonyl (C=O) groups excluding carboxylic acids is 1. The maximum Gasteiger partial charge on any atom is 0.419 e. The number of unbranched alkanes of at least 4 members (excludes halogenated alkanes) is 1. The van der Waals surface area contributed by atoms with E-state index in [0.29, 0.717) is 23.6 Å². The molecule has 1 heterocycles. The van der Waals surface area contributed by atoms with Gasteiger partial charge in [0.2, 0.25) is 0 Å². The molecule has 0 aliphatic heterocycles. The number of hydrogen-bond acceptors (Lipinski definition) is 4. The Bertz CT molecular complexity index is 693. The summed E-state index contributed by atoms with van der Waals surface area (Å²) in [6, 6.07) is 4.46. The predicted molar refractivity (Wildman–Crippen MR) is 86.7 cm³/mol. The summed E-state index contributed by atoms with van der Waals surface area (Å²) in [5.41, 5.74) is 1.14. The van der Waals surface area contributed by atoms with E-state index in [9.17, 15) is 9.59 Å². The number of imidazole rings is 1. The summed E-state index contributed by atoms with van der Waals surface area (Å²) in [6.07, 6.45) is 5.16. The van der Waals surface area contributed by atoms with E-state index in [1.165, 1.54) is 23.0 Å². The maximum absolute atomic E-state index is 12.2. The van der Waals surface area contributed by atoms with Crippen molar-refractivity contribution in [3.8, 4) is 0 Å². The number of carboxylic acids is 1. The Kier molecular flexibility index (Phi) is 5.73. The van der Waals surface area contributed by atoms with E-state index in [-0.39, 0.29) is 5.56 Å². The summed E-state index contributed by atoms with van der Waals surface area (Å²) < 4.78 is 6.70. The van der Waals surface area contributed by atoms with E-state index < -0.39 is 12.1 Å². The van der Waals surface area contributed by atoms with E-state index in [1.807, 2.05) is 0 Å². The van der Waals surface area contributed by atoms with Crippen LogP contribution in [0.25, 0.3) is 11.0 Å². The summed E-state index contributed by atoms with van der Waals surface area (Å²) >= 11 is 0. The topological polar surface area (TPSA) is 81.4 Å². The number of fused-ring (bicyclic) bond motifs is 1. The lowest BCUT2D eigenvalue weighted by atomic mass is 10.0. The lowest BCUT2D eigenvalue weighted by molar-refractivity contribution is 0.0697. The molecule has 0 bridgehead atoms. The zero-order chi connectivity index (χ0) is 16.8. The Labute approximate surface area is 135 Å². The first-order valence-corrected chi connectivity index (χ1v) is 7.94. The highest BCUT2D eigenvalue weighted by Gasteiger charge is 2.15. The van der Waals surface area contributed by atoms with Gasteiger partial charge in [0.15, 0.2) is 0 Å². The van der Waals surface area contributed by atoms with Gasteiger partial charge < -0.3 is 9.84 Å². The summed E-state index contributed by atoms with van der Waals surface area (Å²) in [7, 11) is 0. The fourth-order valence-corrected chi connectivity index (χ4v) is 2.45. The van der Waals surface area contributed by atoms with Crippen molar-refractivity contribution in [2.24, 2.45) is 5.92 Å². The summed E-state index contributed by atoms with van der Waals surface area (Å²) in [5.74, 6) is -0.655. The first kappa shape index (κ1) is 17.0. The molecule has 0 aliphatic rings. The lowest BCUT2D eigenvalue weighted by Gasteiger charge is -2.14. The lowest BCUT2D eigenvalue weighted by Crippen LogP contribution is -2.18. The van der Waals surface area contributed by atoms with Gasteiger partial charge in [0.05, 0.1) is 23.2 Å². The van der Waals surface area contributed by atoms with Gasteiger partial charge >= 0.3 is 12.1 Å². The van der Waals surface area contributed by atoms with E-state index in [0.717, 1.165) is 25.7 Å². The Morgan fingerprint density at radius 3 is 2.78 bits per heavy atom. The molecule has 2 rings (SSSR count). The second-order valence-electron chi connectivity index (χ2n) is 5.62. The van der Waals surface area contributed by atoms with Gasteiger partial charge in [-0.05, 0) is 30.5 Å². The number of aromatic nitrogens is 2. The van der Waals surface area contributed by atoms with Crippen LogP contribution in [0.5, 0.6) is 0 Å². The molecule has 1 aromatic heterocycles. The molecule has 1 N–H and O–H groups in total. The van der Waals surface area contributed by atoms with E-state index in [2.05, 4.69) is 18.8 Å². The van der Waals surface area contributed by atoms with Crippen LogP contribution >= 0.6 is 0 Å². The maximum atomic E-state index is 12.2. The monoisotopic (exact) mass is 318 g/mol. The number of benzene rings is 1. The van der Waals surface area contributed by atoms with Crippen LogP contribution in [0.2, 0.25) is 0 Å². The minimum absolute atomic E-state index is 0.140. The Hall–Kier alpha value is -2.37. The molecule has 1 atom stereocenters. The van der Waals surface area contributed by atoms with Crippen molar-refractivity contribution in [3.05, 3.63) is 30.1 Å². The quantitative estimate of drug-likeness (QED) is 0.836.